The first kappa shape index (κ1) is 36.7. The molecule has 258 valence electrons. The van der Waals surface area contributed by atoms with E-state index >= 15 is 0 Å². The van der Waals surface area contributed by atoms with Crippen molar-refractivity contribution in [3.63, 3.8) is 0 Å². The maximum absolute atomic E-state index is 14.3. The lowest BCUT2D eigenvalue weighted by Crippen LogP contribution is -2.66. The highest BCUT2D eigenvalue weighted by Crippen LogP contribution is 2.21. The van der Waals surface area contributed by atoms with E-state index in [0.29, 0.717) is 37.3 Å². The lowest BCUT2D eigenvalue weighted by molar-refractivity contribution is -0.142. The summed E-state index contributed by atoms with van der Waals surface area (Å²) in [6, 6.07) is 15.2. The molecule has 0 radical (unpaired) electrons. The summed E-state index contributed by atoms with van der Waals surface area (Å²) in [7, 11) is 0. The van der Waals surface area contributed by atoms with Gasteiger partial charge in [-0.2, -0.15) is 0 Å². The van der Waals surface area contributed by atoms with E-state index in [4.69, 9.17) is 0 Å². The Labute approximate surface area is 282 Å². The molecule has 3 N–H and O–H groups in total. The minimum Gasteiger partial charge on any atom is -0.389 e. The van der Waals surface area contributed by atoms with Crippen molar-refractivity contribution in [1.82, 2.24) is 20.4 Å². The Kier molecular flexibility index (Phi) is 13.2. The van der Waals surface area contributed by atoms with Crippen LogP contribution in [-0.4, -0.2) is 76.5 Å². The molecule has 0 spiro atoms. The number of halogens is 2. The predicted molar refractivity (Wildman–Crippen MR) is 182 cm³/mol. The second-order valence-corrected chi connectivity index (χ2v) is 12.8. The smallest absolute Gasteiger partial charge is 0.253 e. The molecule has 0 aromatic heterocycles. The first-order valence-electron chi connectivity index (χ1n) is 17.0. The summed E-state index contributed by atoms with van der Waals surface area (Å²) in [6.07, 6.45) is 1.58. The third-order valence-electron chi connectivity index (χ3n) is 8.60. The van der Waals surface area contributed by atoms with Crippen LogP contribution in [-0.2, 0) is 17.8 Å². The van der Waals surface area contributed by atoms with Crippen LogP contribution in [0.1, 0.15) is 83.9 Å². The molecule has 10 heteroatoms. The van der Waals surface area contributed by atoms with Crippen molar-refractivity contribution < 1.29 is 28.3 Å². The molecule has 1 saturated heterocycles. The van der Waals surface area contributed by atoms with Gasteiger partial charge in [-0.05, 0) is 79.6 Å². The van der Waals surface area contributed by atoms with Crippen LogP contribution < -0.4 is 10.6 Å². The Morgan fingerprint density at radius 1 is 0.938 bits per heavy atom. The van der Waals surface area contributed by atoms with Gasteiger partial charge in [0.05, 0.1) is 12.1 Å². The largest absolute Gasteiger partial charge is 0.389 e. The number of aliphatic hydroxyl groups excluding tert-OH is 1. The minimum absolute atomic E-state index is 0.112. The molecule has 0 bridgehead atoms. The van der Waals surface area contributed by atoms with E-state index in [0.717, 1.165) is 49.4 Å². The molecule has 0 aliphatic carbocycles. The lowest BCUT2D eigenvalue weighted by atomic mass is 9.92. The molecule has 3 aromatic carbocycles. The first-order valence-corrected chi connectivity index (χ1v) is 17.0. The van der Waals surface area contributed by atoms with E-state index in [1.165, 1.54) is 6.07 Å². The molecule has 2 unspecified atom stereocenters. The van der Waals surface area contributed by atoms with Crippen LogP contribution in [0.2, 0.25) is 0 Å². The number of nitrogens with one attached hydrogen (secondary N) is 2. The van der Waals surface area contributed by atoms with E-state index in [2.05, 4.69) is 10.6 Å². The van der Waals surface area contributed by atoms with Gasteiger partial charge < -0.3 is 20.2 Å². The number of carbonyl (C=O) groups is 3. The topological polar surface area (TPSA) is 102 Å². The van der Waals surface area contributed by atoms with Gasteiger partial charge in [0.1, 0.15) is 17.7 Å². The number of hydrogen-bond acceptors (Lipinski definition) is 5. The van der Waals surface area contributed by atoms with Crippen LogP contribution in [0.5, 0.6) is 0 Å². The van der Waals surface area contributed by atoms with Crippen LogP contribution in [0.4, 0.5) is 8.78 Å². The summed E-state index contributed by atoms with van der Waals surface area (Å²) in [5.41, 5.74) is 2.42. The molecular formula is C38H48F2N4O4. The van der Waals surface area contributed by atoms with Gasteiger partial charge in [-0.1, -0.05) is 57.5 Å². The molecule has 0 saturated carbocycles. The fourth-order valence-corrected chi connectivity index (χ4v) is 6.44. The first-order chi connectivity index (χ1) is 23.0. The van der Waals surface area contributed by atoms with Crippen molar-refractivity contribution in [1.29, 1.82) is 0 Å². The lowest BCUT2D eigenvalue weighted by Gasteiger charge is -2.42. The summed E-state index contributed by atoms with van der Waals surface area (Å²) in [6.45, 7) is 9.80. The second-order valence-electron chi connectivity index (χ2n) is 12.8. The summed E-state index contributed by atoms with van der Waals surface area (Å²) in [5.74, 6) is -2.68. The number of nitrogens with zero attached hydrogens (tertiary/aromatic N) is 2. The predicted octanol–water partition coefficient (Wildman–Crippen LogP) is 5.41. The van der Waals surface area contributed by atoms with E-state index in [1.54, 1.807) is 28.9 Å². The SMILES string of the molecule is CCCC1CN(Cc2ccccc2)C(=O)C([C@@H](O)[C@H](Cc2cc(F)cc(F)c2)NC(=O)c2cc(C)cc(C(=O)N(CCC)CCC)c2)N1. The number of piperazine rings is 1. The third kappa shape index (κ3) is 9.70. The monoisotopic (exact) mass is 662 g/mol. The summed E-state index contributed by atoms with van der Waals surface area (Å²) in [5, 5.41) is 18.0. The molecule has 1 heterocycles. The highest BCUT2D eigenvalue weighted by molar-refractivity contribution is 6.00. The van der Waals surface area contributed by atoms with Crippen molar-refractivity contribution >= 4 is 17.7 Å². The number of hydrogen-bond donors (Lipinski definition) is 3. The third-order valence-corrected chi connectivity index (χ3v) is 8.60. The van der Waals surface area contributed by atoms with Crippen LogP contribution in [0, 0.1) is 18.6 Å². The number of amides is 3. The number of carbonyl (C=O) groups excluding carboxylic acids is 3. The maximum Gasteiger partial charge on any atom is 0.253 e. The van der Waals surface area contributed by atoms with Gasteiger partial charge in [0.25, 0.3) is 11.8 Å². The van der Waals surface area contributed by atoms with Gasteiger partial charge in [0, 0.05) is 49.4 Å². The summed E-state index contributed by atoms with van der Waals surface area (Å²) >= 11 is 0. The summed E-state index contributed by atoms with van der Waals surface area (Å²) in [4.78, 5) is 44.6. The minimum atomic E-state index is -1.46. The van der Waals surface area contributed by atoms with Crippen molar-refractivity contribution in [2.45, 2.75) is 90.6 Å². The average Bonchev–Trinajstić information content (AvgIpc) is 3.05. The molecule has 8 nitrogen and oxygen atoms in total. The van der Waals surface area contributed by atoms with Gasteiger partial charge in [0.2, 0.25) is 5.91 Å². The van der Waals surface area contributed by atoms with Crippen molar-refractivity contribution in [2.75, 3.05) is 19.6 Å². The van der Waals surface area contributed by atoms with E-state index in [9.17, 15) is 28.3 Å². The van der Waals surface area contributed by atoms with E-state index < -0.39 is 35.7 Å². The second kappa shape index (κ2) is 17.3. The van der Waals surface area contributed by atoms with Crippen molar-refractivity contribution in [2.24, 2.45) is 0 Å². The Morgan fingerprint density at radius 3 is 2.21 bits per heavy atom. The number of benzene rings is 3. The molecule has 4 atom stereocenters. The number of rotatable bonds is 15. The fourth-order valence-electron chi connectivity index (χ4n) is 6.44. The molecule has 3 amide bonds. The molecule has 4 rings (SSSR count). The van der Waals surface area contributed by atoms with Gasteiger partial charge in [-0.25, -0.2) is 8.78 Å². The fraction of sp³-hybridized carbons (Fsp3) is 0.447. The zero-order valence-corrected chi connectivity index (χ0v) is 28.3. The van der Waals surface area contributed by atoms with Crippen LogP contribution in [0.25, 0.3) is 0 Å². The van der Waals surface area contributed by atoms with Gasteiger partial charge in [0.15, 0.2) is 0 Å². The van der Waals surface area contributed by atoms with Crippen LogP contribution >= 0.6 is 0 Å². The summed E-state index contributed by atoms with van der Waals surface area (Å²) < 4.78 is 28.5. The van der Waals surface area contributed by atoms with Gasteiger partial charge in [-0.3, -0.25) is 19.7 Å². The standard InChI is InChI=1S/C38H48F2N4O4/c1-5-11-32-24-44(23-26-12-9-8-10-13-26)38(48)34(41-32)35(45)33(20-27-18-30(39)22-31(40)19-27)42-36(46)28-16-25(4)17-29(21-28)37(47)43(14-6-2)15-7-3/h8-10,12-13,16-19,21-22,32-35,41,45H,5-7,11,14-15,20,23-24H2,1-4H3,(H,42,46)/t32?,33-,34?,35-/m0/s1. The van der Waals surface area contributed by atoms with Crippen LogP contribution in [0.3, 0.4) is 0 Å². The van der Waals surface area contributed by atoms with Crippen molar-refractivity contribution in [3.05, 3.63) is 106 Å². The van der Waals surface area contributed by atoms with Gasteiger partial charge in [-0.15, -0.1) is 0 Å². The Morgan fingerprint density at radius 2 is 1.58 bits per heavy atom. The molecule has 3 aromatic rings. The van der Waals surface area contributed by atoms with Gasteiger partial charge >= 0.3 is 0 Å². The number of aliphatic hydroxyl groups is 1. The highest BCUT2D eigenvalue weighted by Gasteiger charge is 2.41. The molecule has 1 fully saturated rings. The van der Waals surface area contributed by atoms with Crippen LogP contribution in [0.15, 0.2) is 66.7 Å². The highest BCUT2D eigenvalue weighted by atomic mass is 19.1. The Balaban J connectivity index is 1.66. The van der Waals surface area contributed by atoms with E-state index in [-0.39, 0.29) is 35.4 Å². The quantitative estimate of drug-likeness (QED) is 0.202. The molecular weight excluding hydrogens is 614 g/mol. The molecule has 1 aliphatic rings. The van der Waals surface area contributed by atoms with E-state index in [1.807, 2.05) is 51.1 Å². The average molecular weight is 663 g/mol. The maximum atomic E-state index is 14.3. The zero-order valence-electron chi connectivity index (χ0n) is 28.3. The molecule has 48 heavy (non-hydrogen) atoms. The Bertz CT molecular complexity index is 1530. The normalized spacial score (nSPS) is 17.6. The zero-order chi connectivity index (χ0) is 34.8. The van der Waals surface area contributed by atoms with Crippen molar-refractivity contribution in [3.8, 4) is 0 Å². The number of aryl methyl sites for hydroxylation is 1. The Hall–Kier alpha value is -4.15. The molecule has 1 aliphatic heterocycles.